The molecular weight excluding hydrogens is 248 g/mol. The molecule has 0 saturated heterocycles. The molecule has 0 unspecified atom stereocenters. The molecule has 1 rings (SSSR count). The second kappa shape index (κ2) is 6.35. The second-order valence-electron chi connectivity index (χ2n) is 4.18. The first-order chi connectivity index (χ1) is 8.93. The van der Waals surface area contributed by atoms with Gasteiger partial charge in [-0.2, -0.15) is 5.26 Å². The summed E-state index contributed by atoms with van der Waals surface area (Å²) in [5, 5.41) is 24.9. The highest BCUT2D eigenvalue weighted by molar-refractivity contribution is 5.82. The normalized spacial score (nSPS) is 9.79. The smallest absolute Gasteiger partial charge is 0.293 e. The molecule has 0 radical (unpaired) electrons. The largest absolute Gasteiger partial charge is 0.371 e. The number of hydrogen-bond acceptors (Lipinski definition) is 5. The first-order valence-corrected chi connectivity index (χ1v) is 5.66. The van der Waals surface area contributed by atoms with Crippen molar-refractivity contribution < 1.29 is 9.72 Å². The van der Waals surface area contributed by atoms with E-state index in [-0.39, 0.29) is 35.4 Å². The Labute approximate surface area is 110 Å². The molecule has 1 amide bonds. The Balaban J connectivity index is 2.81. The van der Waals surface area contributed by atoms with Crippen LogP contribution in [-0.4, -0.2) is 23.4 Å². The lowest BCUT2D eigenvalue weighted by atomic mass is 10.2. The number of rotatable bonds is 5. The molecule has 100 valence electrons. The average molecular weight is 262 g/mol. The van der Waals surface area contributed by atoms with Gasteiger partial charge in [0.15, 0.2) is 0 Å². The van der Waals surface area contributed by atoms with Crippen LogP contribution in [0.15, 0.2) is 18.2 Å². The predicted molar refractivity (Wildman–Crippen MR) is 69.6 cm³/mol. The zero-order chi connectivity index (χ0) is 14.4. The van der Waals surface area contributed by atoms with E-state index in [9.17, 15) is 14.9 Å². The van der Waals surface area contributed by atoms with E-state index in [1.165, 1.54) is 18.2 Å². The van der Waals surface area contributed by atoms with Crippen molar-refractivity contribution in [3.63, 3.8) is 0 Å². The number of nitro groups is 1. The van der Waals surface area contributed by atoms with Crippen LogP contribution in [0.2, 0.25) is 0 Å². The third-order valence-electron chi connectivity index (χ3n) is 2.21. The number of nitrogens with zero attached hydrogens (tertiary/aromatic N) is 2. The van der Waals surface area contributed by atoms with Crippen LogP contribution in [0.5, 0.6) is 0 Å². The lowest BCUT2D eigenvalue weighted by Crippen LogP contribution is -2.34. The van der Waals surface area contributed by atoms with E-state index < -0.39 is 4.92 Å². The van der Waals surface area contributed by atoms with Gasteiger partial charge in [0, 0.05) is 12.1 Å². The minimum Gasteiger partial charge on any atom is -0.371 e. The summed E-state index contributed by atoms with van der Waals surface area (Å²) in [7, 11) is 0. The summed E-state index contributed by atoms with van der Waals surface area (Å²) < 4.78 is 0. The first kappa shape index (κ1) is 14.4. The number of nitro benzene ring substituents is 1. The number of nitrogens with one attached hydrogen (secondary N) is 2. The quantitative estimate of drug-likeness (QED) is 0.616. The number of hydrogen-bond donors (Lipinski definition) is 2. The lowest BCUT2D eigenvalue weighted by molar-refractivity contribution is -0.384. The maximum Gasteiger partial charge on any atom is 0.293 e. The molecule has 0 aliphatic carbocycles. The molecule has 0 spiro atoms. The highest BCUT2D eigenvalue weighted by Crippen LogP contribution is 2.24. The number of carbonyl (C=O) groups excluding carboxylic acids is 1. The van der Waals surface area contributed by atoms with Crippen LogP contribution in [-0.2, 0) is 4.79 Å². The first-order valence-electron chi connectivity index (χ1n) is 5.66. The molecule has 0 heterocycles. The average Bonchev–Trinajstić information content (AvgIpc) is 2.35. The second-order valence-corrected chi connectivity index (χ2v) is 4.18. The number of anilines is 1. The van der Waals surface area contributed by atoms with Crippen LogP contribution in [0.4, 0.5) is 11.4 Å². The number of benzene rings is 1. The summed E-state index contributed by atoms with van der Waals surface area (Å²) in [5.41, 5.74) is 0.184. The Morgan fingerprint density at radius 1 is 1.53 bits per heavy atom. The van der Waals surface area contributed by atoms with Gasteiger partial charge in [0.25, 0.3) is 5.69 Å². The van der Waals surface area contributed by atoms with Crippen LogP contribution >= 0.6 is 0 Å². The van der Waals surface area contributed by atoms with Gasteiger partial charge in [0.1, 0.15) is 5.69 Å². The molecule has 2 N–H and O–H groups in total. The van der Waals surface area contributed by atoms with Gasteiger partial charge in [-0.3, -0.25) is 14.9 Å². The maximum atomic E-state index is 11.4. The fourth-order valence-electron chi connectivity index (χ4n) is 1.45. The van der Waals surface area contributed by atoms with E-state index in [2.05, 4.69) is 10.6 Å². The van der Waals surface area contributed by atoms with Crippen molar-refractivity contribution >= 4 is 17.3 Å². The van der Waals surface area contributed by atoms with Crippen molar-refractivity contribution in [2.45, 2.75) is 19.9 Å². The summed E-state index contributed by atoms with van der Waals surface area (Å²) in [4.78, 5) is 21.7. The fourth-order valence-corrected chi connectivity index (χ4v) is 1.45. The standard InChI is InChI=1S/C12H14N4O3/c1-8(2)15-12(17)7-14-10-4-3-9(6-13)5-11(10)16(18)19/h3-5,8,14H,7H2,1-2H3,(H,15,17). The molecule has 0 atom stereocenters. The molecular formula is C12H14N4O3. The van der Waals surface area contributed by atoms with Crippen LogP contribution in [0.3, 0.4) is 0 Å². The molecule has 0 aromatic heterocycles. The summed E-state index contributed by atoms with van der Waals surface area (Å²) in [6.07, 6.45) is 0. The Kier molecular flexibility index (Phi) is 4.83. The zero-order valence-corrected chi connectivity index (χ0v) is 10.6. The monoisotopic (exact) mass is 262 g/mol. The van der Waals surface area contributed by atoms with Gasteiger partial charge >= 0.3 is 0 Å². The number of amides is 1. The van der Waals surface area contributed by atoms with E-state index >= 15 is 0 Å². The molecule has 7 heteroatoms. The van der Waals surface area contributed by atoms with Crippen LogP contribution < -0.4 is 10.6 Å². The summed E-state index contributed by atoms with van der Waals surface area (Å²) in [5.74, 6) is -0.256. The molecule has 7 nitrogen and oxygen atoms in total. The van der Waals surface area contributed by atoms with Crippen LogP contribution in [0.25, 0.3) is 0 Å². The van der Waals surface area contributed by atoms with Gasteiger partial charge in [0.05, 0.1) is 23.1 Å². The van der Waals surface area contributed by atoms with E-state index in [1.54, 1.807) is 0 Å². The molecule has 0 saturated carbocycles. The van der Waals surface area contributed by atoms with E-state index in [4.69, 9.17) is 5.26 Å². The van der Waals surface area contributed by atoms with Crippen molar-refractivity contribution in [1.29, 1.82) is 5.26 Å². The minimum atomic E-state index is -0.594. The zero-order valence-electron chi connectivity index (χ0n) is 10.6. The van der Waals surface area contributed by atoms with Crippen LogP contribution in [0, 0.1) is 21.4 Å². The lowest BCUT2D eigenvalue weighted by Gasteiger charge is -2.10. The number of carbonyl (C=O) groups is 1. The third kappa shape index (κ3) is 4.27. The highest BCUT2D eigenvalue weighted by Gasteiger charge is 2.15. The Morgan fingerprint density at radius 3 is 2.74 bits per heavy atom. The maximum absolute atomic E-state index is 11.4. The van der Waals surface area contributed by atoms with Crippen molar-refractivity contribution in [2.75, 3.05) is 11.9 Å². The summed E-state index contributed by atoms with van der Waals surface area (Å²) in [6.45, 7) is 3.58. The Hall–Kier alpha value is -2.62. The highest BCUT2D eigenvalue weighted by atomic mass is 16.6. The molecule has 0 bridgehead atoms. The topological polar surface area (TPSA) is 108 Å². The third-order valence-corrected chi connectivity index (χ3v) is 2.21. The summed E-state index contributed by atoms with van der Waals surface area (Å²) >= 11 is 0. The van der Waals surface area contributed by atoms with Crippen molar-refractivity contribution in [1.82, 2.24) is 5.32 Å². The molecule has 19 heavy (non-hydrogen) atoms. The molecule has 1 aromatic rings. The predicted octanol–water partition coefficient (Wildman–Crippen LogP) is 1.40. The molecule has 1 aromatic carbocycles. The Bertz CT molecular complexity index is 534. The summed E-state index contributed by atoms with van der Waals surface area (Å²) in [6, 6.07) is 5.87. The molecule has 0 aliphatic rings. The van der Waals surface area contributed by atoms with Crippen LogP contribution in [0.1, 0.15) is 19.4 Å². The van der Waals surface area contributed by atoms with Gasteiger partial charge in [-0.25, -0.2) is 0 Å². The van der Waals surface area contributed by atoms with Gasteiger partial charge in [-0.1, -0.05) is 0 Å². The molecule has 0 aliphatic heterocycles. The molecule has 0 fully saturated rings. The van der Waals surface area contributed by atoms with Crippen molar-refractivity contribution in [2.24, 2.45) is 0 Å². The fraction of sp³-hybridized carbons (Fsp3) is 0.333. The van der Waals surface area contributed by atoms with Crippen molar-refractivity contribution in [3.05, 3.63) is 33.9 Å². The minimum absolute atomic E-state index is 0.00486. The van der Waals surface area contributed by atoms with E-state index in [0.29, 0.717) is 0 Å². The SMILES string of the molecule is CC(C)NC(=O)CNc1ccc(C#N)cc1[N+](=O)[O-]. The van der Waals surface area contributed by atoms with Gasteiger partial charge in [0.2, 0.25) is 5.91 Å². The van der Waals surface area contributed by atoms with E-state index in [0.717, 1.165) is 0 Å². The Morgan fingerprint density at radius 2 is 2.21 bits per heavy atom. The van der Waals surface area contributed by atoms with Gasteiger partial charge < -0.3 is 10.6 Å². The van der Waals surface area contributed by atoms with Gasteiger partial charge in [-0.15, -0.1) is 0 Å². The van der Waals surface area contributed by atoms with Crippen molar-refractivity contribution in [3.8, 4) is 6.07 Å². The van der Waals surface area contributed by atoms with Gasteiger partial charge in [-0.05, 0) is 26.0 Å². The van der Waals surface area contributed by atoms with E-state index in [1.807, 2.05) is 19.9 Å². The number of nitriles is 1.